The first-order valence-electron chi connectivity index (χ1n) is 9.69. The molecule has 1 fully saturated rings. The average molecular weight is 423 g/mol. The van der Waals surface area contributed by atoms with Crippen LogP contribution in [0.4, 0.5) is 0 Å². The number of hydrogen-bond acceptors (Lipinski definition) is 4. The summed E-state index contributed by atoms with van der Waals surface area (Å²) in [6.07, 6.45) is 0. The summed E-state index contributed by atoms with van der Waals surface area (Å²) in [6.45, 7) is 5.13. The molecule has 0 atom stereocenters. The van der Waals surface area contributed by atoms with E-state index < -0.39 is 10.0 Å². The van der Waals surface area contributed by atoms with Crippen LogP contribution in [0.15, 0.2) is 47.4 Å². The standard InChI is InChI=1S/C22H22N4O3S/c1-15-11-16(2)19-13-21(24-20(19)12-15)22(27)25-7-9-26(10-8-25)30(28,29)18-5-3-17(14-23)4-6-18/h3-6,11-13,24H,7-10H2,1-2H3. The molecule has 1 amide bonds. The minimum atomic E-state index is -3.65. The van der Waals surface area contributed by atoms with Crippen molar-refractivity contribution >= 4 is 26.8 Å². The van der Waals surface area contributed by atoms with Crippen LogP contribution >= 0.6 is 0 Å². The molecule has 0 radical (unpaired) electrons. The van der Waals surface area contributed by atoms with E-state index >= 15 is 0 Å². The second kappa shape index (κ2) is 7.59. The Kier molecular flexibility index (Phi) is 5.10. The summed E-state index contributed by atoms with van der Waals surface area (Å²) < 4.78 is 27.1. The third-order valence-corrected chi connectivity index (χ3v) is 7.38. The topological polar surface area (TPSA) is 97.3 Å². The van der Waals surface area contributed by atoms with Gasteiger partial charge in [0.2, 0.25) is 10.0 Å². The molecule has 0 bridgehead atoms. The average Bonchev–Trinajstić information content (AvgIpc) is 3.18. The second-order valence-electron chi connectivity index (χ2n) is 7.56. The Balaban J connectivity index is 1.48. The van der Waals surface area contributed by atoms with Crippen LogP contribution in [-0.4, -0.2) is 54.7 Å². The highest BCUT2D eigenvalue weighted by Gasteiger charge is 2.31. The Morgan fingerprint density at radius 1 is 1.03 bits per heavy atom. The third kappa shape index (κ3) is 3.58. The molecule has 1 aliphatic rings. The van der Waals surface area contributed by atoms with E-state index in [1.165, 1.54) is 28.6 Å². The number of rotatable bonds is 3. The maximum atomic E-state index is 13.0. The number of nitrogens with zero attached hydrogens (tertiary/aromatic N) is 3. The molecule has 2 aromatic carbocycles. The van der Waals surface area contributed by atoms with Gasteiger partial charge in [-0.2, -0.15) is 9.57 Å². The van der Waals surface area contributed by atoms with Gasteiger partial charge in [-0.1, -0.05) is 6.07 Å². The zero-order valence-corrected chi connectivity index (χ0v) is 17.7. The van der Waals surface area contributed by atoms with Crippen molar-refractivity contribution in [2.24, 2.45) is 0 Å². The van der Waals surface area contributed by atoms with E-state index in [1.54, 1.807) is 4.90 Å². The highest BCUT2D eigenvalue weighted by Crippen LogP contribution is 2.23. The molecule has 0 aliphatic carbocycles. The number of benzene rings is 2. The van der Waals surface area contributed by atoms with Gasteiger partial charge in [-0.3, -0.25) is 4.79 Å². The highest BCUT2D eigenvalue weighted by atomic mass is 32.2. The van der Waals surface area contributed by atoms with E-state index in [2.05, 4.69) is 11.1 Å². The van der Waals surface area contributed by atoms with Crippen LogP contribution in [0.1, 0.15) is 27.2 Å². The van der Waals surface area contributed by atoms with Crippen molar-refractivity contribution in [2.75, 3.05) is 26.2 Å². The number of nitriles is 1. The number of aromatic nitrogens is 1. The molecule has 30 heavy (non-hydrogen) atoms. The lowest BCUT2D eigenvalue weighted by molar-refractivity contribution is 0.0693. The van der Waals surface area contributed by atoms with Gasteiger partial charge < -0.3 is 9.88 Å². The fourth-order valence-corrected chi connectivity index (χ4v) is 5.29. The number of aryl methyl sites for hydroxylation is 2. The maximum absolute atomic E-state index is 13.0. The maximum Gasteiger partial charge on any atom is 0.270 e. The normalized spacial score (nSPS) is 15.3. The Morgan fingerprint density at radius 3 is 2.33 bits per heavy atom. The lowest BCUT2D eigenvalue weighted by Crippen LogP contribution is -2.50. The number of nitrogens with one attached hydrogen (secondary N) is 1. The second-order valence-corrected chi connectivity index (χ2v) is 9.50. The first kappa shape index (κ1) is 20.1. The van der Waals surface area contributed by atoms with Crippen LogP contribution in [0, 0.1) is 25.2 Å². The van der Waals surface area contributed by atoms with Gasteiger partial charge in [-0.15, -0.1) is 0 Å². The summed E-state index contributed by atoms with van der Waals surface area (Å²) in [5.41, 5.74) is 4.09. The van der Waals surface area contributed by atoms with Crippen molar-refractivity contribution in [3.63, 3.8) is 0 Å². The molecule has 0 spiro atoms. The first-order chi connectivity index (χ1) is 14.3. The quantitative estimate of drug-likeness (QED) is 0.702. The van der Waals surface area contributed by atoms with Crippen LogP contribution in [0.25, 0.3) is 10.9 Å². The first-order valence-corrected chi connectivity index (χ1v) is 11.1. The summed E-state index contributed by atoms with van der Waals surface area (Å²) in [5, 5.41) is 9.90. The van der Waals surface area contributed by atoms with Gasteiger partial charge in [0.15, 0.2) is 0 Å². The Labute approximate surface area is 175 Å². The number of hydrogen-bond donors (Lipinski definition) is 1. The summed E-state index contributed by atoms with van der Waals surface area (Å²) in [4.78, 5) is 18.0. The van der Waals surface area contributed by atoms with Gasteiger partial charge in [0.25, 0.3) is 5.91 Å². The van der Waals surface area contributed by atoms with E-state index in [0.717, 1.165) is 22.0 Å². The van der Waals surface area contributed by atoms with Crippen LogP contribution < -0.4 is 0 Å². The van der Waals surface area contributed by atoms with Gasteiger partial charge in [0.05, 0.1) is 16.5 Å². The van der Waals surface area contributed by atoms with Crippen molar-refractivity contribution < 1.29 is 13.2 Å². The number of aromatic amines is 1. The number of H-pyrrole nitrogens is 1. The molecule has 154 valence electrons. The van der Waals surface area contributed by atoms with Crippen molar-refractivity contribution in [1.82, 2.24) is 14.2 Å². The van der Waals surface area contributed by atoms with Gasteiger partial charge in [0, 0.05) is 37.1 Å². The zero-order chi connectivity index (χ0) is 21.5. The van der Waals surface area contributed by atoms with E-state index in [-0.39, 0.29) is 23.9 Å². The fourth-order valence-electron chi connectivity index (χ4n) is 3.87. The van der Waals surface area contributed by atoms with E-state index in [1.807, 2.05) is 32.0 Å². The molecule has 8 heteroatoms. The Bertz CT molecular complexity index is 1260. The number of fused-ring (bicyclic) bond motifs is 1. The molecule has 4 rings (SSSR count). The van der Waals surface area contributed by atoms with Gasteiger partial charge in [-0.25, -0.2) is 8.42 Å². The molecule has 7 nitrogen and oxygen atoms in total. The number of piperazine rings is 1. The molecular formula is C22H22N4O3S. The molecule has 1 aromatic heterocycles. The monoisotopic (exact) mass is 422 g/mol. The molecule has 1 N–H and O–H groups in total. The predicted molar refractivity (Wildman–Crippen MR) is 114 cm³/mol. The van der Waals surface area contributed by atoms with Gasteiger partial charge in [0.1, 0.15) is 5.69 Å². The molecule has 3 aromatic rings. The summed E-state index contributed by atoms with van der Waals surface area (Å²) in [7, 11) is -3.65. The molecule has 2 heterocycles. The van der Waals surface area contributed by atoms with Crippen LogP contribution in [0.3, 0.4) is 0 Å². The van der Waals surface area contributed by atoms with Crippen LogP contribution in [-0.2, 0) is 10.0 Å². The van der Waals surface area contributed by atoms with E-state index in [9.17, 15) is 13.2 Å². The third-order valence-electron chi connectivity index (χ3n) is 5.47. The van der Waals surface area contributed by atoms with Crippen LogP contribution in [0.2, 0.25) is 0 Å². The lowest BCUT2D eigenvalue weighted by atomic mass is 10.1. The molecular weight excluding hydrogens is 400 g/mol. The minimum Gasteiger partial charge on any atom is -0.351 e. The van der Waals surface area contributed by atoms with Crippen molar-refractivity contribution in [3.8, 4) is 6.07 Å². The summed E-state index contributed by atoms with van der Waals surface area (Å²) in [6, 6.07) is 13.8. The van der Waals surface area contributed by atoms with E-state index in [4.69, 9.17) is 5.26 Å². The molecule has 1 saturated heterocycles. The summed E-state index contributed by atoms with van der Waals surface area (Å²) >= 11 is 0. The number of amides is 1. The highest BCUT2D eigenvalue weighted by molar-refractivity contribution is 7.89. The van der Waals surface area contributed by atoms with Gasteiger partial charge >= 0.3 is 0 Å². The zero-order valence-electron chi connectivity index (χ0n) is 16.8. The van der Waals surface area contributed by atoms with Crippen molar-refractivity contribution in [1.29, 1.82) is 5.26 Å². The lowest BCUT2D eigenvalue weighted by Gasteiger charge is -2.33. The Morgan fingerprint density at radius 2 is 1.70 bits per heavy atom. The predicted octanol–water partition coefficient (Wildman–Crippen LogP) is 2.80. The molecule has 1 aliphatic heterocycles. The number of sulfonamides is 1. The summed E-state index contributed by atoms with van der Waals surface area (Å²) in [5.74, 6) is -0.126. The SMILES string of the molecule is Cc1cc(C)c2cc(C(=O)N3CCN(S(=O)(=O)c4ccc(C#N)cc4)CC3)[nH]c2c1. The number of carbonyl (C=O) groups is 1. The molecule has 0 unspecified atom stereocenters. The fraction of sp³-hybridized carbons (Fsp3) is 0.273. The van der Waals surface area contributed by atoms with Crippen LogP contribution in [0.5, 0.6) is 0 Å². The van der Waals surface area contributed by atoms with Crippen molar-refractivity contribution in [3.05, 3.63) is 64.8 Å². The van der Waals surface area contributed by atoms with E-state index in [0.29, 0.717) is 24.3 Å². The number of carbonyl (C=O) groups excluding carboxylic acids is 1. The Hall–Kier alpha value is -3.15. The smallest absolute Gasteiger partial charge is 0.270 e. The van der Waals surface area contributed by atoms with Gasteiger partial charge in [-0.05, 0) is 61.4 Å². The minimum absolute atomic E-state index is 0.126. The molecule has 0 saturated carbocycles. The largest absolute Gasteiger partial charge is 0.351 e. The van der Waals surface area contributed by atoms with Crippen molar-refractivity contribution in [2.45, 2.75) is 18.7 Å².